The molecule has 0 saturated carbocycles. The molecule has 1 rings (SSSR count). The van der Waals surface area contributed by atoms with Crippen molar-refractivity contribution in [2.75, 3.05) is 32.1 Å². The van der Waals surface area contributed by atoms with Crippen molar-refractivity contribution in [1.29, 1.82) is 0 Å². The lowest BCUT2D eigenvalue weighted by Gasteiger charge is -2.12. The highest BCUT2D eigenvalue weighted by molar-refractivity contribution is 5.94. The van der Waals surface area contributed by atoms with Gasteiger partial charge in [0.25, 0.3) is 5.91 Å². The molecular formula is C13H19N3O2. The second-order valence-corrected chi connectivity index (χ2v) is 4.18. The fraction of sp³-hybridized carbons (Fsp3) is 0.385. The van der Waals surface area contributed by atoms with E-state index in [-0.39, 0.29) is 11.8 Å². The summed E-state index contributed by atoms with van der Waals surface area (Å²) in [5.74, 6) is -0.231. The van der Waals surface area contributed by atoms with E-state index in [1.165, 1.54) is 6.92 Å². The third-order valence-corrected chi connectivity index (χ3v) is 2.43. The summed E-state index contributed by atoms with van der Waals surface area (Å²) >= 11 is 0. The summed E-state index contributed by atoms with van der Waals surface area (Å²) in [7, 11) is 3.89. The zero-order chi connectivity index (χ0) is 13.5. The standard InChI is InChI=1S/C13H19N3O2/c1-10(17)14-8-9-15-13(18)11-4-6-12(7-5-11)16(2)3/h4-7H,8-9H2,1-3H3,(H,14,17)(H,15,18). The van der Waals surface area contributed by atoms with Gasteiger partial charge in [0.05, 0.1) is 0 Å². The molecular weight excluding hydrogens is 230 g/mol. The topological polar surface area (TPSA) is 61.4 Å². The lowest BCUT2D eigenvalue weighted by atomic mass is 10.2. The van der Waals surface area contributed by atoms with Crippen molar-refractivity contribution in [2.45, 2.75) is 6.92 Å². The Labute approximate surface area is 107 Å². The average molecular weight is 249 g/mol. The van der Waals surface area contributed by atoms with Gasteiger partial charge in [-0.05, 0) is 24.3 Å². The molecule has 0 bridgehead atoms. The van der Waals surface area contributed by atoms with Crippen molar-refractivity contribution >= 4 is 17.5 Å². The molecule has 1 aromatic rings. The van der Waals surface area contributed by atoms with E-state index in [0.717, 1.165) is 5.69 Å². The highest BCUT2D eigenvalue weighted by atomic mass is 16.2. The number of nitrogens with one attached hydrogen (secondary N) is 2. The first-order chi connectivity index (χ1) is 8.50. The summed E-state index contributed by atoms with van der Waals surface area (Å²) in [4.78, 5) is 24.3. The molecule has 0 aromatic heterocycles. The van der Waals surface area contributed by atoms with E-state index in [4.69, 9.17) is 0 Å². The lowest BCUT2D eigenvalue weighted by Crippen LogP contribution is -2.33. The highest BCUT2D eigenvalue weighted by Crippen LogP contribution is 2.11. The minimum atomic E-state index is -0.134. The van der Waals surface area contributed by atoms with Gasteiger partial charge in [0.2, 0.25) is 5.91 Å². The molecule has 0 spiro atoms. The molecule has 0 saturated heterocycles. The maximum Gasteiger partial charge on any atom is 0.251 e. The first-order valence-corrected chi connectivity index (χ1v) is 5.80. The Balaban J connectivity index is 2.44. The number of nitrogens with zero attached hydrogens (tertiary/aromatic N) is 1. The SMILES string of the molecule is CC(=O)NCCNC(=O)c1ccc(N(C)C)cc1. The summed E-state index contributed by atoms with van der Waals surface area (Å²) in [5, 5.41) is 5.35. The van der Waals surface area contributed by atoms with Crippen molar-refractivity contribution in [3.8, 4) is 0 Å². The Morgan fingerprint density at radius 3 is 2.11 bits per heavy atom. The number of carbonyl (C=O) groups is 2. The maximum atomic E-state index is 11.7. The van der Waals surface area contributed by atoms with Crippen LogP contribution in [0.5, 0.6) is 0 Å². The molecule has 0 fully saturated rings. The molecule has 0 unspecified atom stereocenters. The van der Waals surface area contributed by atoms with Crippen molar-refractivity contribution in [2.24, 2.45) is 0 Å². The number of benzene rings is 1. The monoisotopic (exact) mass is 249 g/mol. The number of hydrogen-bond donors (Lipinski definition) is 2. The minimum absolute atomic E-state index is 0.0976. The van der Waals surface area contributed by atoms with Crippen LogP contribution < -0.4 is 15.5 Å². The molecule has 2 amide bonds. The first kappa shape index (κ1) is 14.0. The predicted molar refractivity (Wildman–Crippen MR) is 71.8 cm³/mol. The molecule has 0 aliphatic carbocycles. The van der Waals surface area contributed by atoms with Crippen molar-refractivity contribution in [3.63, 3.8) is 0 Å². The molecule has 5 nitrogen and oxygen atoms in total. The number of anilines is 1. The molecule has 1 aromatic carbocycles. The van der Waals surface area contributed by atoms with E-state index < -0.39 is 0 Å². The van der Waals surface area contributed by atoms with E-state index in [1.54, 1.807) is 12.1 Å². The Bertz CT molecular complexity index is 413. The van der Waals surface area contributed by atoms with Gasteiger partial charge >= 0.3 is 0 Å². The van der Waals surface area contributed by atoms with Gasteiger partial charge in [-0.15, -0.1) is 0 Å². The van der Waals surface area contributed by atoms with Crippen LogP contribution in [0.3, 0.4) is 0 Å². The molecule has 18 heavy (non-hydrogen) atoms. The second kappa shape index (κ2) is 6.64. The molecule has 0 radical (unpaired) electrons. The zero-order valence-corrected chi connectivity index (χ0v) is 11.0. The van der Waals surface area contributed by atoms with Gasteiger partial charge in [-0.1, -0.05) is 0 Å². The Kier molecular flexibility index (Phi) is 5.17. The fourth-order valence-corrected chi connectivity index (χ4v) is 1.43. The summed E-state index contributed by atoms with van der Waals surface area (Å²) in [6.07, 6.45) is 0. The summed E-state index contributed by atoms with van der Waals surface area (Å²) < 4.78 is 0. The van der Waals surface area contributed by atoms with E-state index in [0.29, 0.717) is 18.7 Å². The maximum absolute atomic E-state index is 11.7. The van der Waals surface area contributed by atoms with E-state index in [9.17, 15) is 9.59 Å². The largest absolute Gasteiger partial charge is 0.378 e. The van der Waals surface area contributed by atoms with Crippen LogP contribution in [-0.2, 0) is 4.79 Å². The molecule has 2 N–H and O–H groups in total. The van der Waals surface area contributed by atoms with Crippen LogP contribution in [-0.4, -0.2) is 39.0 Å². The van der Waals surface area contributed by atoms with Gasteiger partial charge in [0, 0.05) is 45.4 Å². The van der Waals surface area contributed by atoms with Gasteiger partial charge in [-0.25, -0.2) is 0 Å². The number of carbonyl (C=O) groups excluding carboxylic acids is 2. The Morgan fingerprint density at radius 2 is 1.61 bits per heavy atom. The van der Waals surface area contributed by atoms with Crippen LogP contribution in [0.4, 0.5) is 5.69 Å². The van der Waals surface area contributed by atoms with Gasteiger partial charge in [-0.2, -0.15) is 0 Å². The summed E-state index contributed by atoms with van der Waals surface area (Å²) in [6.45, 7) is 2.31. The summed E-state index contributed by atoms with van der Waals surface area (Å²) in [6, 6.07) is 7.34. The van der Waals surface area contributed by atoms with Crippen LogP contribution in [0.1, 0.15) is 17.3 Å². The smallest absolute Gasteiger partial charge is 0.251 e. The van der Waals surface area contributed by atoms with Crippen LogP contribution in [0.2, 0.25) is 0 Å². The Morgan fingerprint density at radius 1 is 1.06 bits per heavy atom. The molecule has 98 valence electrons. The third kappa shape index (κ3) is 4.45. The quantitative estimate of drug-likeness (QED) is 0.752. The minimum Gasteiger partial charge on any atom is -0.378 e. The van der Waals surface area contributed by atoms with Gasteiger partial charge in [0.15, 0.2) is 0 Å². The van der Waals surface area contributed by atoms with Gasteiger partial charge in [0.1, 0.15) is 0 Å². The molecule has 5 heteroatoms. The second-order valence-electron chi connectivity index (χ2n) is 4.18. The number of rotatable bonds is 5. The van der Waals surface area contributed by atoms with E-state index in [1.807, 2.05) is 31.1 Å². The van der Waals surface area contributed by atoms with Crippen LogP contribution >= 0.6 is 0 Å². The predicted octanol–water partition coefficient (Wildman–Crippen LogP) is 0.618. The van der Waals surface area contributed by atoms with Crippen LogP contribution in [0, 0.1) is 0 Å². The molecule has 0 atom stereocenters. The number of hydrogen-bond acceptors (Lipinski definition) is 3. The van der Waals surface area contributed by atoms with Crippen LogP contribution in [0.25, 0.3) is 0 Å². The van der Waals surface area contributed by atoms with Gasteiger partial charge < -0.3 is 15.5 Å². The summed E-state index contributed by atoms with van der Waals surface area (Å²) in [5.41, 5.74) is 1.66. The van der Waals surface area contributed by atoms with Gasteiger partial charge in [-0.3, -0.25) is 9.59 Å². The normalized spacial score (nSPS) is 9.72. The Hall–Kier alpha value is -2.04. The van der Waals surface area contributed by atoms with Crippen LogP contribution in [0.15, 0.2) is 24.3 Å². The molecule has 0 aliphatic rings. The van der Waals surface area contributed by atoms with Crippen molar-refractivity contribution in [3.05, 3.63) is 29.8 Å². The molecule has 0 heterocycles. The average Bonchev–Trinajstić information content (AvgIpc) is 2.34. The fourth-order valence-electron chi connectivity index (χ4n) is 1.43. The third-order valence-electron chi connectivity index (χ3n) is 2.43. The lowest BCUT2D eigenvalue weighted by molar-refractivity contribution is -0.118. The zero-order valence-electron chi connectivity index (χ0n) is 11.0. The van der Waals surface area contributed by atoms with E-state index in [2.05, 4.69) is 10.6 Å². The van der Waals surface area contributed by atoms with E-state index >= 15 is 0 Å². The van der Waals surface area contributed by atoms with Crippen molar-refractivity contribution in [1.82, 2.24) is 10.6 Å². The molecule has 0 aliphatic heterocycles. The highest BCUT2D eigenvalue weighted by Gasteiger charge is 2.04. The first-order valence-electron chi connectivity index (χ1n) is 5.80. The number of amides is 2. The van der Waals surface area contributed by atoms with Crippen molar-refractivity contribution < 1.29 is 9.59 Å².